The van der Waals surface area contributed by atoms with Gasteiger partial charge in [0.15, 0.2) is 0 Å². The van der Waals surface area contributed by atoms with Gasteiger partial charge >= 0.3 is 5.97 Å². The summed E-state index contributed by atoms with van der Waals surface area (Å²) in [6, 6.07) is 7.21. The maximum absolute atomic E-state index is 12.8. The topological polar surface area (TPSA) is 78.9 Å². The number of rotatable bonds is 5. The summed E-state index contributed by atoms with van der Waals surface area (Å²) in [6.07, 6.45) is 5.82. The van der Waals surface area contributed by atoms with E-state index in [1.807, 2.05) is 12.1 Å². The summed E-state index contributed by atoms with van der Waals surface area (Å²) in [5, 5.41) is 13.1. The monoisotopic (exact) mass is 440 g/mol. The van der Waals surface area contributed by atoms with Crippen molar-refractivity contribution in [3.05, 3.63) is 51.9 Å². The van der Waals surface area contributed by atoms with Gasteiger partial charge in [0.1, 0.15) is 10.8 Å². The molecule has 1 atom stereocenters. The third kappa shape index (κ3) is 4.83. The van der Waals surface area contributed by atoms with Gasteiger partial charge in [-0.3, -0.25) is 9.69 Å². The zero-order valence-electron chi connectivity index (χ0n) is 17.9. The predicted octanol–water partition coefficient (Wildman–Crippen LogP) is 4.09. The third-order valence-electron chi connectivity index (χ3n) is 6.05. The number of carbonyl (C=O) groups is 2. The maximum Gasteiger partial charge on any atom is 0.341 e. The Labute approximate surface area is 186 Å². The Morgan fingerprint density at radius 1 is 1.26 bits per heavy atom. The zero-order valence-corrected chi connectivity index (χ0v) is 18.8. The van der Waals surface area contributed by atoms with Crippen molar-refractivity contribution in [1.82, 2.24) is 4.90 Å². The van der Waals surface area contributed by atoms with Crippen LogP contribution < -0.4 is 5.32 Å². The summed E-state index contributed by atoms with van der Waals surface area (Å²) in [5.74, 6) is 0.359. The molecule has 0 bridgehead atoms. The van der Waals surface area contributed by atoms with E-state index < -0.39 is 0 Å². The molecule has 0 fully saturated rings. The minimum atomic E-state index is -0.373. The molecule has 164 valence electrons. The highest BCUT2D eigenvalue weighted by atomic mass is 32.1. The first-order valence-corrected chi connectivity index (χ1v) is 11.5. The van der Waals surface area contributed by atoms with Crippen molar-refractivity contribution in [3.8, 4) is 5.75 Å². The van der Waals surface area contributed by atoms with E-state index in [1.165, 1.54) is 28.9 Å². The molecule has 1 aromatic heterocycles. The van der Waals surface area contributed by atoms with Gasteiger partial charge in [-0.25, -0.2) is 4.79 Å². The molecule has 0 saturated carbocycles. The minimum Gasteiger partial charge on any atom is -0.508 e. The molecule has 1 unspecified atom stereocenters. The van der Waals surface area contributed by atoms with Crippen molar-refractivity contribution in [2.45, 2.75) is 32.6 Å². The number of ether oxygens (including phenoxy) is 1. The van der Waals surface area contributed by atoms with Crippen LogP contribution in [0.15, 0.2) is 30.3 Å². The number of thiophene rings is 1. The van der Waals surface area contributed by atoms with Gasteiger partial charge in [0.25, 0.3) is 0 Å². The number of methoxy groups -OCH3 is 1. The molecule has 1 aliphatic heterocycles. The first kappa shape index (κ1) is 21.6. The van der Waals surface area contributed by atoms with Crippen LogP contribution in [0, 0.1) is 5.92 Å². The second-order valence-electron chi connectivity index (χ2n) is 8.36. The van der Waals surface area contributed by atoms with E-state index in [0.29, 0.717) is 23.0 Å². The standard InChI is InChI=1S/C24H28N2O4S/c1-15-3-8-19-20(13-15)31-23(22(19)24(29)30-2)25-21(28)14-26-11-9-17(10-12-26)16-4-6-18(27)7-5-16/h4-7,9,15,27H,3,8,10-14H2,1-2H3,(H,25,28). The summed E-state index contributed by atoms with van der Waals surface area (Å²) < 4.78 is 5.00. The Morgan fingerprint density at radius 2 is 2.03 bits per heavy atom. The average molecular weight is 441 g/mol. The van der Waals surface area contributed by atoms with E-state index in [-0.39, 0.29) is 24.2 Å². The fourth-order valence-corrected chi connectivity index (χ4v) is 5.73. The van der Waals surface area contributed by atoms with Crippen LogP contribution in [0.2, 0.25) is 0 Å². The van der Waals surface area contributed by atoms with Crippen LogP contribution in [0.3, 0.4) is 0 Å². The van der Waals surface area contributed by atoms with E-state index in [2.05, 4.69) is 23.2 Å². The van der Waals surface area contributed by atoms with Gasteiger partial charge in [-0.1, -0.05) is 25.1 Å². The smallest absolute Gasteiger partial charge is 0.341 e. The molecule has 2 heterocycles. The lowest BCUT2D eigenvalue weighted by molar-refractivity contribution is -0.117. The van der Waals surface area contributed by atoms with Gasteiger partial charge < -0.3 is 15.2 Å². The molecule has 0 radical (unpaired) electrons. The fraction of sp³-hybridized carbons (Fsp3) is 0.417. The van der Waals surface area contributed by atoms with Crippen LogP contribution in [0.1, 0.15) is 46.1 Å². The number of carbonyl (C=O) groups excluding carboxylic acids is 2. The van der Waals surface area contributed by atoms with Gasteiger partial charge in [0, 0.05) is 18.0 Å². The number of phenols is 1. The first-order chi connectivity index (χ1) is 14.9. The highest BCUT2D eigenvalue weighted by Crippen LogP contribution is 2.40. The Morgan fingerprint density at radius 3 is 2.71 bits per heavy atom. The largest absolute Gasteiger partial charge is 0.508 e. The summed E-state index contributed by atoms with van der Waals surface area (Å²) in [6.45, 7) is 3.96. The second kappa shape index (κ2) is 9.24. The number of hydrogen-bond acceptors (Lipinski definition) is 6. The lowest BCUT2D eigenvalue weighted by Gasteiger charge is -2.25. The molecule has 0 saturated heterocycles. The van der Waals surface area contributed by atoms with Crippen LogP contribution in [-0.2, 0) is 22.4 Å². The van der Waals surface area contributed by atoms with Gasteiger partial charge in [-0.05, 0) is 60.4 Å². The molecule has 31 heavy (non-hydrogen) atoms. The number of anilines is 1. The highest BCUT2D eigenvalue weighted by molar-refractivity contribution is 7.17. The van der Waals surface area contributed by atoms with Crippen molar-refractivity contribution >= 4 is 33.8 Å². The Balaban J connectivity index is 1.41. The summed E-state index contributed by atoms with van der Waals surface area (Å²) in [7, 11) is 1.38. The molecule has 1 aliphatic carbocycles. The Kier molecular flexibility index (Phi) is 6.43. The Bertz CT molecular complexity index is 1010. The van der Waals surface area contributed by atoms with Crippen molar-refractivity contribution in [3.63, 3.8) is 0 Å². The van der Waals surface area contributed by atoms with Gasteiger partial charge in [-0.2, -0.15) is 0 Å². The summed E-state index contributed by atoms with van der Waals surface area (Å²) >= 11 is 1.51. The quantitative estimate of drug-likeness (QED) is 0.685. The number of esters is 1. The molecule has 2 N–H and O–H groups in total. The molecule has 7 heteroatoms. The molecule has 4 rings (SSSR count). The van der Waals surface area contributed by atoms with E-state index in [1.54, 1.807) is 12.1 Å². The minimum absolute atomic E-state index is 0.113. The van der Waals surface area contributed by atoms with Crippen molar-refractivity contribution < 1.29 is 19.4 Å². The van der Waals surface area contributed by atoms with Crippen LogP contribution in [-0.4, -0.2) is 48.6 Å². The zero-order chi connectivity index (χ0) is 22.0. The van der Waals surface area contributed by atoms with Gasteiger partial charge in [-0.15, -0.1) is 11.3 Å². The van der Waals surface area contributed by atoms with Crippen LogP contribution in [0.25, 0.3) is 5.57 Å². The van der Waals surface area contributed by atoms with E-state index in [9.17, 15) is 14.7 Å². The predicted molar refractivity (Wildman–Crippen MR) is 123 cm³/mol. The number of nitrogens with zero attached hydrogens (tertiary/aromatic N) is 1. The normalized spacial score (nSPS) is 18.8. The van der Waals surface area contributed by atoms with Gasteiger partial charge in [0.05, 0.1) is 19.2 Å². The maximum atomic E-state index is 12.8. The third-order valence-corrected chi connectivity index (χ3v) is 7.22. The fourth-order valence-electron chi connectivity index (χ4n) is 4.32. The molecule has 1 amide bonds. The van der Waals surface area contributed by atoms with Crippen LogP contribution in [0.4, 0.5) is 5.00 Å². The second-order valence-corrected chi connectivity index (χ2v) is 9.46. The number of fused-ring (bicyclic) bond motifs is 1. The lowest BCUT2D eigenvalue weighted by atomic mass is 9.88. The van der Waals surface area contributed by atoms with E-state index >= 15 is 0 Å². The number of aromatic hydroxyl groups is 1. The number of nitrogens with one attached hydrogen (secondary N) is 1. The summed E-state index contributed by atoms with van der Waals surface area (Å²) in [4.78, 5) is 28.5. The average Bonchev–Trinajstić information content (AvgIpc) is 3.11. The Hall–Kier alpha value is -2.64. The molecular weight excluding hydrogens is 412 g/mol. The number of amides is 1. The molecule has 6 nitrogen and oxygen atoms in total. The van der Waals surface area contributed by atoms with Crippen molar-refractivity contribution in [2.24, 2.45) is 5.92 Å². The SMILES string of the molecule is COC(=O)c1c(NC(=O)CN2CC=C(c3ccc(O)cc3)CC2)sc2c1CCC(C)C2. The van der Waals surface area contributed by atoms with Crippen LogP contribution >= 0.6 is 11.3 Å². The molecule has 2 aromatic rings. The van der Waals surface area contributed by atoms with Crippen LogP contribution in [0.5, 0.6) is 5.75 Å². The highest BCUT2D eigenvalue weighted by Gasteiger charge is 2.29. The summed E-state index contributed by atoms with van der Waals surface area (Å²) in [5.41, 5.74) is 3.91. The molecule has 2 aliphatic rings. The van der Waals surface area contributed by atoms with Crippen molar-refractivity contribution in [1.29, 1.82) is 0 Å². The number of phenolic OH excluding ortho intramolecular Hbond substituents is 1. The van der Waals surface area contributed by atoms with E-state index in [4.69, 9.17) is 4.74 Å². The number of benzene rings is 1. The van der Waals surface area contributed by atoms with E-state index in [0.717, 1.165) is 43.4 Å². The number of hydrogen-bond donors (Lipinski definition) is 2. The molecule has 1 aromatic carbocycles. The first-order valence-electron chi connectivity index (χ1n) is 10.7. The lowest BCUT2D eigenvalue weighted by Crippen LogP contribution is -2.36. The molecular formula is C24H28N2O4S. The molecule has 0 spiro atoms. The van der Waals surface area contributed by atoms with Gasteiger partial charge in [0.2, 0.25) is 5.91 Å². The van der Waals surface area contributed by atoms with Crippen molar-refractivity contribution in [2.75, 3.05) is 32.1 Å².